The van der Waals surface area contributed by atoms with Gasteiger partial charge < -0.3 is 5.73 Å². The van der Waals surface area contributed by atoms with Crippen molar-refractivity contribution in [3.05, 3.63) is 32.9 Å². The van der Waals surface area contributed by atoms with Crippen LogP contribution in [0.1, 0.15) is 36.3 Å². The summed E-state index contributed by atoms with van der Waals surface area (Å²) >= 11 is 2.40. The third kappa shape index (κ3) is 1.82. The molecular weight excluding hydrogens is 285 g/mol. The summed E-state index contributed by atoms with van der Waals surface area (Å²) in [6.45, 7) is 2.21. The second kappa shape index (κ2) is 4.19. The fourth-order valence-electron chi connectivity index (χ4n) is 2.40. The van der Waals surface area contributed by atoms with Gasteiger partial charge in [0, 0.05) is 9.61 Å². The number of nitrogens with two attached hydrogens (primary N) is 1. The lowest BCUT2D eigenvalue weighted by molar-refractivity contribution is 0.610. The maximum atomic E-state index is 6.13. The highest BCUT2D eigenvalue weighted by atomic mass is 127. The summed E-state index contributed by atoms with van der Waals surface area (Å²) in [4.78, 5) is 0. The van der Waals surface area contributed by atoms with Gasteiger partial charge >= 0.3 is 0 Å². The monoisotopic (exact) mass is 301 g/mol. The molecule has 2 rings (SSSR count). The smallest absolute Gasteiger partial charge is 0.0162 e. The Bertz CT molecular complexity index is 335. The third-order valence-corrected chi connectivity index (χ3v) is 4.45. The second-order valence-corrected chi connectivity index (χ2v) is 5.32. The van der Waals surface area contributed by atoms with Crippen molar-refractivity contribution in [1.29, 1.82) is 0 Å². The predicted octanol–water partition coefficient (Wildman–Crippen LogP) is 3.19. The minimum absolute atomic E-state index is 0.381. The highest BCUT2D eigenvalue weighted by Crippen LogP contribution is 2.35. The molecule has 0 saturated heterocycles. The lowest BCUT2D eigenvalue weighted by Gasteiger charge is -2.18. The number of halogens is 1. The zero-order valence-corrected chi connectivity index (χ0v) is 10.6. The summed E-state index contributed by atoms with van der Waals surface area (Å²) < 4.78 is 1.36. The van der Waals surface area contributed by atoms with Crippen LogP contribution in [0.3, 0.4) is 0 Å². The highest BCUT2D eigenvalue weighted by Gasteiger charge is 2.26. The third-order valence-electron chi connectivity index (χ3n) is 3.28. The Hall–Kier alpha value is -0.0900. The maximum Gasteiger partial charge on any atom is 0.0162 e. The zero-order valence-electron chi connectivity index (χ0n) is 8.46. The molecule has 0 bridgehead atoms. The Morgan fingerprint density at radius 3 is 2.79 bits per heavy atom. The van der Waals surface area contributed by atoms with Crippen LogP contribution in [-0.4, -0.2) is 6.04 Å². The molecule has 1 nitrogen and oxygen atoms in total. The van der Waals surface area contributed by atoms with Crippen molar-refractivity contribution in [1.82, 2.24) is 0 Å². The molecule has 2 unspecified atom stereocenters. The molecule has 0 heterocycles. The van der Waals surface area contributed by atoms with E-state index in [9.17, 15) is 0 Å². The summed E-state index contributed by atoms with van der Waals surface area (Å²) in [5.41, 5.74) is 9.03. The van der Waals surface area contributed by atoms with Crippen molar-refractivity contribution >= 4 is 22.6 Å². The van der Waals surface area contributed by atoms with Crippen LogP contribution in [0.4, 0.5) is 0 Å². The van der Waals surface area contributed by atoms with Gasteiger partial charge in [-0.05, 0) is 65.5 Å². The van der Waals surface area contributed by atoms with Crippen molar-refractivity contribution in [3.63, 3.8) is 0 Å². The van der Waals surface area contributed by atoms with Gasteiger partial charge in [0.1, 0.15) is 0 Å². The van der Waals surface area contributed by atoms with E-state index in [2.05, 4.69) is 47.7 Å². The van der Waals surface area contributed by atoms with Crippen molar-refractivity contribution in [3.8, 4) is 0 Å². The number of hydrogen-bond acceptors (Lipinski definition) is 1. The summed E-state index contributed by atoms with van der Waals surface area (Å²) in [6, 6.07) is 6.94. The van der Waals surface area contributed by atoms with Crippen LogP contribution in [0.15, 0.2) is 18.2 Å². The van der Waals surface area contributed by atoms with Crippen LogP contribution in [0, 0.1) is 10.5 Å². The molecule has 1 aromatic rings. The van der Waals surface area contributed by atoms with E-state index in [0.717, 1.165) is 0 Å². The van der Waals surface area contributed by atoms with E-state index in [4.69, 9.17) is 5.73 Å². The minimum Gasteiger partial charge on any atom is -0.327 e. The first-order chi connectivity index (χ1) is 6.70. The molecule has 1 saturated carbocycles. The topological polar surface area (TPSA) is 26.0 Å². The number of benzene rings is 1. The van der Waals surface area contributed by atoms with Gasteiger partial charge in [0.15, 0.2) is 0 Å². The molecule has 0 aromatic heterocycles. The molecule has 76 valence electrons. The van der Waals surface area contributed by atoms with Gasteiger partial charge in [-0.25, -0.2) is 0 Å². The normalized spacial score (nSPS) is 26.8. The number of hydrogen-bond donors (Lipinski definition) is 1. The summed E-state index contributed by atoms with van der Waals surface area (Å²) in [5, 5.41) is 0. The van der Waals surface area contributed by atoms with E-state index in [0.29, 0.717) is 12.0 Å². The molecule has 1 fully saturated rings. The Morgan fingerprint density at radius 2 is 2.14 bits per heavy atom. The highest BCUT2D eigenvalue weighted by molar-refractivity contribution is 14.1. The van der Waals surface area contributed by atoms with Gasteiger partial charge in [0.2, 0.25) is 0 Å². The van der Waals surface area contributed by atoms with Gasteiger partial charge in [0.25, 0.3) is 0 Å². The summed E-state index contributed by atoms with van der Waals surface area (Å²) in [5.74, 6) is 0.602. The van der Waals surface area contributed by atoms with Crippen molar-refractivity contribution < 1.29 is 0 Å². The second-order valence-electron chi connectivity index (χ2n) is 4.16. The van der Waals surface area contributed by atoms with E-state index < -0.39 is 0 Å². The van der Waals surface area contributed by atoms with Gasteiger partial charge in [-0.3, -0.25) is 0 Å². The number of rotatable bonds is 1. The van der Waals surface area contributed by atoms with Crippen LogP contribution in [0.25, 0.3) is 0 Å². The molecule has 0 aliphatic heterocycles. The predicted molar refractivity (Wildman–Crippen MR) is 68.5 cm³/mol. The van der Waals surface area contributed by atoms with Gasteiger partial charge in [0.05, 0.1) is 0 Å². The van der Waals surface area contributed by atoms with Crippen molar-refractivity contribution in [2.75, 3.05) is 0 Å². The summed E-state index contributed by atoms with van der Waals surface area (Å²) in [6.07, 6.45) is 3.74. The fraction of sp³-hybridized carbons (Fsp3) is 0.500. The molecule has 2 atom stereocenters. The largest absolute Gasteiger partial charge is 0.327 e. The quantitative estimate of drug-likeness (QED) is 0.792. The zero-order chi connectivity index (χ0) is 10.1. The molecule has 0 spiro atoms. The maximum absolute atomic E-state index is 6.13. The first-order valence-corrected chi connectivity index (χ1v) is 6.28. The molecular formula is C12H16IN. The van der Waals surface area contributed by atoms with Gasteiger partial charge in [-0.2, -0.15) is 0 Å². The molecule has 14 heavy (non-hydrogen) atoms. The average Bonchev–Trinajstić information content (AvgIpc) is 2.57. The molecule has 1 aromatic carbocycles. The first kappa shape index (κ1) is 10.4. The lowest BCUT2D eigenvalue weighted by Crippen LogP contribution is -2.23. The molecule has 0 radical (unpaired) electrons. The Kier molecular flexibility index (Phi) is 3.12. The lowest BCUT2D eigenvalue weighted by atomic mass is 9.91. The Morgan fingerprint density at radius 1 is 1.36 bits per heavy atom. The van der Waals surface area contributed by atoms with Gasteiger partial charge in [-0.15, -0.1) is 0 Å². The Labute approximate surface area is 99.2 Å². The van der Waals surface area contributed by atoms with Crippen LogP contribution in [0.2, 0.25) is 0 Å². The van der Waals surface area contributed by atoms with Crippen LogP contribution in [-0.2, 0) is 0 Å². The van der Waals surface area contributed by atoms with E-state index in [1.54, 1.807) is 0 Å². The molecule has 1 aliphatic rings. The summed E-state index contributed by atoms with van der Waals surface area (Å²) in [7, 11) is 0. The van der Waals surface area contributed by atoms with Crippen molar-refractivity contribution in [2.45, 2.75) is 38.1 Å². The minimum atomic E-state index is 0.381. The first-order valence-electron chi connectivity index (χ1n) is 5.20. The molecule has 1 aliphatic carbocycles. The Balaban J connectivity index is 2.36. The standard InChI is InChI=1S/C12H16IN/c1-8-9(4-2-6-11(8)13)10-5-3-7-12(10)14/h2,4,6,10,12H,3,5,7,14H2,1H3. The van der Waals surface area contributed by atoms with Crippen LogP contribution >= 0.6 is 22.6 Å². The SMILES string of the molecule is Cc1c(I)cccc1C1CCCC1N. The van der Waals surface area contributed by atoms with E-state index in [1.807, 2.05) is 0 Å². The van der Waals surface area contributed by atoms with Gasteiger partial charge in [-0.1, -0.05) is 18.6 Å². The van der Waals surface area contributed by atoms with E-state index in [-0.39, 0.29) is 0 Å². The van der Waals surface area contributed by atoms with E-state index >= 15 is 0 Å². The molecule has 0 amide bonds. The molecule has 2 N–H and O–H groups in total. The van der Waals surface area contributed by atoms with Crippen LogP contribution < -0.4 is 5.73 Å². The fourth-order valence-corrected chi connectivity index (χ4v) is 2.92. The van der Waals surface area contributed by atoms with Crippen molar-refractivity contribution in [2.24, 2.45) is 5.73 Å². The molecule has 2 heteroatoms. The van der Waals surface area contributed by atoms with E-state index in [1.165, 1.54) is 34.0 Å². The average molecular weight is 301 g/mol. The van der Waals surface area contributed by atoms with Crippen LogP contribution in [0.5, 0.6) is 0 Å².